The number of esters is 1. The Morgan fingerprint density at radius 2 is 2.08 bits per heavy atom. The summed E-state index contributed by atoms with van der Waals surface area (Å²) in [6.07, 6.45) is 1.89. The zero-order chi connectivity index (χ0) is 17.7. The van der Waals surface area contributed by atoms with Crippen LogP contribution in [-0.4, -0.2) is 67.1 Å². The van der Waals surface area contributed by atoms with Crippen LogP contribution in [0.3, 0.4) is 0 Å². The van der Waals surface area contributed by atoms with Gasteiger partial charge in [-0.2, -0.15) is 0 Å². The molecule has 1 aliphatic heterocycles. The Bertz CT molecular complexity index is 657. The second-order valence-electron chi connectivity index (χ2n) is 5.22. The number of hydrogen-bond acceptors (Lipinski definition) is 7. The Kier molecular flexibility index (Phi) is 6.04. The van der Waals surface area contributed by atoms with Crippen LogP contribution in [0.1, 0.15) is 15.4 Å². The molecule has 1 fully saturated rings. The number of carbonyl (C=O) groups is 3. The quantitative estimate of drug-likeness (QED) is 0.597. The molecule has 2 heterocycles. The van der Waals surface area contributed by atoms with Gasteiger partial charge in [-0.25, -0.2) is 9.78 Å². The maximum Gasteiger partial charge on any atom is 0.330 e. The van der Waals surface area contributed by atoms with Gasteiger partial charge >= 0.3 is 5.97 Å². The van der Waals surface area contributed by atoms with E-state index in [-0.39, 0.29) is 24.0 Å². The van der Waals surface area contributed by atoms with Crippen molar-refractivity contribution in [2.75, 3.05) is 27.3 Å². The van der Waals surface area contributed by atoms with Crippen LogP contribution in [-0.2, 0) is 19.1 Å². The van der Waals surface area contributed by atoms with Crippen LogP contribution in [0.25, 0.3) is 0 Å². The molecule has 9 heteroatoms. The number of methoxy groups -OCH3 is 2. The molecule has 1 N–H and O–H groups in total. The first kappa shape index (κ1) is 18.1. The predicted octanol–water partition coefficient (Wildman–Crippen LogP) is 0.136. The maximum absolute atomic E-state index is 12.3. The van der Waals surface area contributed by atoms with Crippen molar-refractivity contribution in [1.29, 1.82) is 0 Å². The summed E-state index contributed by atoms with van der Waals surface area (Å²) in [4.78, 5) is 41.6. The maximum atomic E-state index is 12.3. The molecule has 0 unspecified atom stereocenters. The lowest BCUT2D eigenvalue weighted by Crippen LogP contribution is -2.43. The number of nitrogens with one attached hydrogen (secondary N) is 1. The van der Waals surface area contributed by atoms with E-state index in [1.54, 1.807) is 12.4 Å². The van der Waals surface area contributed by atoms with E-state index < -0.39 is 5.97 Å². The largest absolute Gasteiger partial charge is 0.466 e. The average molecular weight is 353 g/mol. The van der Waals surface area contributed by atoms with Crippen molar-refractivity contribution in [3.8, 4) is 0 Å². The van der Waals surface area contributed by atoms with Gasteiger partial charge in [-0.1, -0.05) is 0 Å². The van der Waals surface area contributed by atoms with E-state index in [4.69, 9.17) is 4.74 Å². The minimum Gasteiger partial charge on any atom is -0.466 e. The van der Waals surface area contributed by atoms with Gasteiger partial charge in [-0.15, -0.1) is 11.3 Å². The summed E-state index contributed by atoms with van der Waals surface area (Å²) >= 11 is 1.26. The fraction of sp³-hybridized carbons (Fsp3) is 0.467. The monoisotopic (exact) mass is 353 g/mol. The third-order valence-corrected chi connectivity index (χ3v) is 4.64. The molecule has 0 bridgehead atoms. The summed E-state index contributed by atoms with van der Waals surface area (Å²) in [6.45, 7) is 2.39. The van der Waals surface area contributed by atoms with E-state index in [1.807, 2.05) is 0 Å². The summed E-state index contributed by atoms with van der Waals surface area (Å²) in [5, 5.41) is 2.88. The first-order valence-electron chi connectivity index (χ1n) is 7.25. The van der Waals surface area contributed by atoms with Gasteiger partial charge in [0.1, 0.15) is 4.88 Å². The van der Waals surface area contributed by atoms with Crippen molar-refractivity contribution in [3.05, 3.63) is 28.2 Å². The summed E-state index contributed by atoms with van der Waals surface area (Å²) < 4.78 is 9.81. The predicted molar refractivity (Wildman–Crippen MR) is 86.6 cm³/mol. The minimum atomic E-state index is -0.601. The highest BCUT2D eigenvalue weighted by molar-refractivity contribution is 7.11. The van der Waals surface area contributed by atoms with Crippen molar-refractivity contribution in [1.82, 2.24) is 15.2 Å². The van der Waals surface area contributed by atoms with Gasteiger partial charge in [0.2, 0.25) is 5.91 Å². The van der Waals surface area contributed by atoms with Gasteiger partial charge in [-0.3, -0.25) is 9.59 Å². The number of hydrogen-bond donors (Lipinski definition) is 1. The molecule has 8 nitrogen and oxygen atoms in total. The molecule has 0 aliphatic carbocycles. The number of aryl methyl sites for hydroxylation is 1. The van der Waals surface area contributed by atoms with Gasteiger partial charge in [0.05, 0.1) is 30.5 Å². The lowest BCUT2D eigenvalue weighted by Gasteiger charge is -2.17. The molecule has 1 aromatic rings. The number of likely N-dealkylation sites (tertiary alicyclic amines) is 1. The Hall–Kier alpha value is -2.26. The molecule has 1 aromatic heterocycles. The lowest BCUT2D eigenvalue weighted by molar-refractivity contribution is -0.135. The van der Waals surface area contributed by atoms with Gasteiger partial charge in [0.15, 0.2) is 0 Å². The molecule has 2 amide bonds. The average Bonchev–Trinajstić information content (AvgIpc) is 3.18. The molecule has 130 valence electrons. The van der Waals surface area contributed by atoms with Crippen LogP contribution in [0.2, 0.25) is 0 Å². The smallest absolute Gasteiger partial charge is 0.330 e. The Balaban J connectivity index is 2.00. The number of carbonyl (C=O) groups excluding carboxylic acids is 3. The number of aromatic nitrogens is 1. The lowest BCUT2D eigenvalue weighted by atomic mass is 10.2. The van der Waals surface area contributed by atoms with Crippen LogP contribution >= 0.6 is 11.3 Å². The number of nitrogens with zero attached hydrogens (tertiary/aromatic N) is 2. The highest BCUT2D eigenvalue weighted by atomic mass is 32.1. The Morgan fingerprint density at radius 1 is 1.33 bits per heavy atom. The van der Waals surface area contributed by atoms with Crippen LogP contribution in [0.5, 0.6) is 0 Å². The zero-order valence-electron chi connectivity index (χ0n) is 13.6. The van der Waals surface area contributed by atoms with Crippen LogP contribution in [0, 0.1) is 6.92 Å². The molecule has 0 aromatic carbocycles. The van der Waals surface area contributed by atoms with E-state index in [0.717, 1.165) is 12.2 Å². The second-order valence-corrected chi connectivity index (χ2v) is 6.08. The molecular weight excluding hydrogens is 334 g/mol. The summed E-state index contributed by atoms with van der Waals surface area (Å²) in [6, 6.07) is -0.334. The SMILES string of the molecule is COC(=O)/C=C/C(=O)N1C[C@@H](NC(=O)c2scnc2C)[C@H](OC)C1. The van der Waals surface area contributed by atoms with E-state index in [1.165, 1.54) is 30.5 Å². The molecule has 0 saturated carbocycles. The van der Waals surface area contributed by atoms with Crippen molar-refractivity contribution >= 4 is 29.1 Å². The number of rotatable bonds is 5. The fourth-order valence-electron chi connectivity index (χ4n) is 2.40. The second kappa shape index (κ2) is 8.02. The highest BCUT2D eigenvalue weighted by Gasteiger charge is 2.36. The van der Waals surface area contributed by atoms with Gasteiger partial charge in [0.25, 0.3) is 5.91 Å². The summed E-state index contributed by atoms with van der Waals surface area (Å²) in [5.41, 5.74) is 2.28. The standard InChI is InChI=1S/C15H19N3O5S/c1-9-14(24-8-16-9)15(21)17-10-6-18(7-11(10)22-2)12(19)4-5-13(20)23-3/h4-5,8,10-11H,6-7H2,1-3H3,(H,17,21)/b5-4+/t10-,11-/m1/s1. The van der Waals surface area contributed by atoms with E-state index >= 15 is 0 Å². The topological polar surface area (TPSA) is 97.8 Å². The van der Waals surface area contributed by atoms with Crippen molar-refractivity contribution < 1.29 is 23.9 Å². The van der Waals surface area contributed by atoms with Crippen molar-refractivity contribution in [3.63, 3.8) is 0 Å². The minimum absolute atomic E-state index is 0.235. The molecule has 1 saturated heterocycles. The Morgan fingerprint density at radius 3 is 2.67 bits per heavy atom. The fourth-order valence-corrected chi connectivity index (χ4v) is 3.10. The van der Waals surface area contributed by atoms with E-state index in [2.05, 4.69) is 15.0 Å². The number of thiazole rings is 1. The molecule has 1 aliphatic rings. The molecule has 0 spiro atoms. The zero-order valence-corrected chi connectivity index (χ0v) is 14.5. The molecule has 0 radical (unpaired) electrons. The normalized spacial score (nSPS) is 20.4. The molecule has 2 atom stereocenters. The van der Waals surface area contributed by atoms with Gasteiger partial charge in [0, 0.05) is 32.4 Å². The first-order valence-corrected chi connectivity index (χ1v) is 8.13. The van der Waals surface area contributed by atoms with Crippen LogP contribution in [0.15, 0.2) is 17.7 Å². The van der Waals surface area contributed by atoms with E-state index in [9.17, 15) is 14.4 Å². The molecular formula is C15H19N3O5S. The number of ether oxygens (including phenoxy) is 2. The van der Waals surface area contributed by atoms with Crippen molar-refractivity contribution in [2.24, 2.45) is 0 Å². The van der Waals surface area contributed by atoms with Crippen LogP contribution in [0.4, 0.5) is 0 Å². The van der Waals surface area contributed by atoms with Gasteiger partial charge < -0.3 is 19.7 Å². The highest BCUT2D eigenvalue weighted by Crippen LogP contribution is 2.17. The third-order valence-electron chi connectivity index (χ3n) is 3.71. The van der Waals surface area contributed by atoms with Crippen LogP contribution < -0.4 is 5.32 Å². The third kappa shape index (κ3) is 4.18. The Labute approximate surface area is 143 Å². The van der Waals surface area contributed by atoms with Crippen molar-refractivity contribution in [2.45, 2.75) is 19.1 Å². The summed E-state index contributed by atoms with van der Waals surface area (Å²) in [5.74, 6) is -1.18. The molecule has 24 heavy (non-hydrogen) atoms. The summed E-state index contributed by atoms with van der Waals surface area (Å²) in [7, 11) is 2.76. The molecule has 2 rings (SSSR count). The van der Waals surface area contributed by atoms with E-state index in [0.29, 0.717) is 23.7 Å². The van der Waals surface area contributed by atoms with Gasteiger partial charge in [-0.05, 0) is 6.92 Å². The number of amides is 2. The first-order chi connectivity index (χ1) is 11.5.